The predicted molar refractivity (Wildman–Crippen MR) is 132 cm³/mol. The summed E-state index contributed by atoms with van der Waals surface area (Å²) in [5.74, 6) is 1.73. The first-order chi connectivity index (χ1) is 14.8. The SMILES string of the molecule is C=CN.C\C=C/C(=C\C=C\Cc1ccc(C)o1)C/C(N)=C/C(=O)/C(C)=C/C=C(/N)CC. The molecule has 0 aliphatic carbocycles. The molecule has 168 valence electrons. The number of furan rings is 1. The summed E-state index contributed by atoms with van der Waals surface area (Å²) in [6.45, 7) is 10.7. The summed E-state index contributed by atoms with van der Waals surface area (Å²) < 4.78 is 5.54. The molecule has 31 heavy (non-hydrogen) atoms. The Labute approximate surface area is 187 Å². The van der Waals surface area contributed by atoms with E-state index in [9.17, 15) is 4.79 Å². The summed E-state index contributed by atoms with van der Waals surface area (Å²) in [6, 6.07) is 3.93. The Morgan fingerprint density at radius 2 is 1.84 bits per heavy atom. The zero-order valence-electron chi connectivity index (χ0n) is 19.2. The van der Waals surface area contributed by atoms with Gasteiger partial charge in [-0.2, -0.15) is 0 Å². The lowest BCUT2D eigenvalue weighted by Gasteiger charge is -2.03. The highest BCUT2D eigenvalue weighted by Gasteiger charge is 2.03. The standard InChI is InChI=1S/C24H32N2O2.C2H5N/c1-5-9-20(10-7-8-11-23-15-13-19(4)28-23)16-22(26)17-24(27)18(3)12-14-21(25)6-2;1-2-3/h5,7-10,12-15,17H,6,11,16,25-26H2,1-4H3;2H,1,3H2/b8-7+,9-5-,18-12+,20-10+,21-14+,22-17-;. The van der Waals surface area contributed by atoms with E-state index in [0.29, 0.717) is 17.7 Å². The van der Waals surface area contributed by atoms with Crippen LogP contribution in [0.25, 0.3) is 0 Å². The molecule has 0 unspecified atom stereocenters. The molecule has 1 aromatic heterocycles. The first kappa shape index (κ1) is 27.5. The molecule has 0 radical (unpaired) electrons. The molecule has 1 heterocycles. The monoisotopic (exact) mass is 423 g/mol. The fraction of sp³-hybridized carbons (Fsp3) is 0.269. The number of aryl methyl sites for hydroxylation is 1. The molecule has 0 amide bonds. The minimum Gasteiger partial charge on any atom is -0.466 e. The van der Waals surface area contributed by atoms with Crippen LogP contribution in [0.1, 0.15) is 45.1 Å². The number of ketones is 1. The second-order valence-electron chi connectivity index (χ2n) is 6.83. The zero-order valence-corrected chi connectivity index (χ0v) is 19.2. The lowest BCUT2D eigenvalue weighted by molar-refractivity contribution is -0.111. The van der Waals surface area contributed by atoms with Gasteiger partial charge >= 0.3 is 0 Å². The van der Waals surface area contributed by atoms with E-state index in [2.05, 4.69) is 12.3 Å². The number of nitrogens with two attached hydrogens (primary N) is 3. The molecule has 5 nitrogen and oxygen atoms in total. The molecule has 0 atom stereocenters. The van der Waals surface area contributed by atoms with Gasteiger partial charge in [0.25, 0.3) is 0 Å². The fourth-order valence-electron chi connectivity index (χ4n) is 2.36. The van der Waals surface area contributed by atoms with Gasteiger partial charge in [-0.15, -0.1) is 0 Å². The lowest BCUT2D eigenvalue weighted by Crippen LogP contribution is -2.04. The van der Waals surface area contributed by atoms with E-state index in [1.165, 1.54) is 12.3 Å². The van der Waals surface area contributed by atoms with Gasteiger partial charge in [-0.25, -0.2) is 0 Å². The van der Waals surface area contributed by atoms with Crippen LogP contribution >= 0.6 is 0 Å². The Kier molecular flexibility index (Phi) is 14.5. The molecule has 5 heteroatoms. The predicted octanol–water partition coefficient (Wildman–Crippen LogP) is 5.28. The third-order valence-corrected chi connectivity index (χ3v) is 4.01. The molecule has 1 aromatic rings. The minimum absolute atomic E-state index is 0.110. The molecule has 6 N–H and O–H groups in total. The van der Waals surface area contributed by atoms with Crippen LogP contribution in [0.5, 0.6) is 0 Å². The van der Waals surface area contributed by atoms with Crippen molar-refractivity contribution in [2.75, 3.05) is 0 Å². The molecule has 0 saturated carbocycles. The van der Waals surface area contributed by atoms with Crippen molar-refractivity contribution in [3.63, 3.8) is 0 Å². The molecule has 0 aliphatic rings. The van der Waals surface area contributed by atoms with Crippen molar-refractivity contribution in [1.82, 2.24) is 0 Å². The van der Waals surface area contributed by atoms with Crippen molar-refractivity contribution >= 4 is 5.78 Å². The maximum absolute atomic E-state index is 12.3. The molecule has 0 saturated heterocycles. The van der Waals surface area contributed by atoms with Gasteiger partial charge in [-0.05, 0) is 62.7 Å². The van der Waals surface area contributed by atoms with Crippen molar-refractivity contribution in [3.8, 4) is 0 Å². The molecule has 0 fully saturated rings. The largest absolute Gasteiger partial charge is 0.466 e. The first-order valence-electron chi connectivity index (χ1n) is 10.3. The van der Waals surface area contributed by atoms with Crippen molar-refractivity contribution < 1.29 is 9.21 Å². The van der Waals surface area contributed by atoms with Crippen molar-refractivity contribution in [1.29, 1.82) is 0 Å². The Hall–Kier alpha value is -3.47. The van der Waals surface area contributed by atoms with Crippen molar-refractivity contribution in [2.45, 2.75) is 47.0 Å². The number of allylic oxidation sites excluding steroid dienone is 11. The van der Waals surface area contributed by atoms with Gasteiger partial charge in [-0.1, -0.05) is 50.0 Å². The topological polar surface area (TPSA) is 108 Å². The van der Waals surface area contributed by atoms with Crippen molar-refractivity contribution in [2.24, 2.45) is 17.2 Å². The summed E-state index contributed by atoms with van der Waals surface area (Å²) in [4.78, 5) is 12.3. The molecule has 0 spiro atoms. The number of hydrogen-bond donors (Lipinski definition) is 3. The summed E-state index contributed by atoms with van der Waals surface area (Å²) in [5.41, 5.74) is 19.3. The molecule has 0 aromatic carbocycles. The Morgan fingerprint density at radius 1 is 1.16 bits per heavy atom. The van der Waals surface area contributed by atoms with E-state index in [1.807, 2.05) is 63.3 Å². The molecule has 1 rings (SSSR count). The lowest BCUT2D eigenvalue weighted by atomic mass is 10.1. The normalized spacial score (nSPS) is 13.4. The Bertz CT molecular complexity index is 878. The molecular weight excluding hydrogens is 386 g/mol. The second-order valence-corrected chi connectivity index (χ2v) is 6.83. The maximum Gasteiger partial charge on any atom is 0.183 e. The van der Waals surface area contributed by atoms with Gasteiger partial charge in [-0.3, -0.25) is 4.79 Å². The smallest absolute Gasteiger partial charge is 0.183 e. The number of carbonyl (C=O) groups is 1. The van der Waals surface area contributed by atoms with Crippen LogP contribution in [-0.2, 0) is 11.2 Å². The van der Waals surface area contributed by atoms with Crippen LogP contribution in [0.15, 0.2) is 100 Å². The van der Waals surface area contributed by atoms with E-state index >= 15 is 0 Å². The minimum atomic E-state index is -0.110. The van der Waals surface area contributed by atoms with Crippen molar-refractivity contribution in [3.05, 3.63) is 108 Å². The highest BCUT2D eigenvalue weighted by molar-refractivity contribution is 6.04. The van der Waals surface area contributed by atoms with Gasteiger partial charge in [0.15, 0.2) is 5.78 Å². The van der Waals surface area contributed by atoms with Crippen LogP contribution < -0.4 is 17.2 Å². The maximum atomic E-state index is 12.3. The van der Waals surface area contributed by atoms with Gasteiger partial charge in [0.2, 0.25) is 0 Å². The van der Waals surface area contributed by atoms with E-state index in [4.69, 9.17) is 15.9 Å². The van der Waals surface area contributed by atoms with Gasteiger partial charge in [0.1, 0.15) is 11.5 Å². The summed E-state index contributed by atoms with van der Waals surface area (Å²) in [5, 5.41) is 0. The quantitative estimate of drug-likeness (QED) is 0.350. The first-order valence-corrected chi connectivity index (χ1v) is 10.3. The van der Waals surface area contributed by atoms with Crippen LogP contribution in [0.3, 0.4) is 0 Å². The van der Waals surface area contributed by atoms with Gasteiger partial charge in [0.05, 0.1) is 0 Å². The Balaban J connectivity index is 0.00000282. The highest BCUT2D eigenvalue weighted by Crippen LogP contribution is 2.12. The summed E-state index contributed by atoms with van der Waals surface area (Å²) in [7, 11) is 0. The molecule has 0 bridgehead atoms. The van der Waals surface area contributed by atoms with Crippen LogP contribution in [0.4, 0.5) is 0 Å². The zero-order chi connectivity index (χ0) is 23.6. The Morgan fingerprint density at radius 3 is 2.39 bits per heavy atom. The van der Waals surface area contributed by atoms with Crippen LogP contribution in [0.2, 0.25) is 0 Å². The third kappa shape index (κ3) is 13.4. The van der Waals surface area contributed by atoms with Gasteiger partial charge < -0.3 is 21.6 Å². The van der Waals surface area contributed by atoms with E-state index in [1.54, 1.807) is 19.1 Å². The summed E-state index contributed by atoms with van der Waals surface area (Å²) >= 11 is 0. The van der Waals surface area contributed by atoms with E-state index in [-0.39, 0.29) is 5.78 Å². The molecular formula is C26H37N3O2. The fourth-order valence-corrected chi connectivity index (χ4v) is 2.36. The van der Waals surface area contributed by atoms with Crippen LogP contribution in [0, 0.1) is 6.92 Å². The number of carbonyl (C=O) groups excluding carboxylic acids is 1. The van der Waals surface area contributed by atoms with E-state index in [0.717, 1.165) is 35.6 Å². The van der Waals surface area contributed by atoms with E-state index < -0.39 is 0 Å². The van der Waals surface area contributed by atoms with Crippen LogP contribution in [-0.4, -0.2) is 5.78 Å². The number of rotatable bonds is 10. The highest BCUT2D eigenvalue weighted by atomic mass is 16.3. The molecule has 0 aliphatic heterocycles. The average Bonchev–Trinajstić information content (AvgIpc) is 3.14. The second kappa shape index (κ2) is 16.3. The third-order valence-electron chi connectivity index (χ3n) is 4.01. The average molecular weight is 424 g/mol. The van der Waals surface area contributed by atoms with Gasteiger partial charge in [0, 0.05) is 30.3 Å². The number of hydrogen-bond acceptors (Lipinski definition) is 5. The summed E-state index contributed by atoms with van der Waals surface area (Å²) in [6.07, 6.45) is 18.1.